The number of nitrogens with zero attached hydrogens (tertiary/aromatic N) is 3. The Bertz CT molecular complexity index is 3150. The molecule has 304 valence electrons. The number of para-hydroxylation sites is 1. The second-order valence-corrected chi connectivity index (χ2v) is 17.7. The molecule has 2 aliphatic rings. The Kier molecular flexibility index (Phi) is 10.1. The number of aryl methyl sites for hydroxylation is 1. The van der Waals surface area contributed by atoms with E-state index < -0.39 is 0 Å². The van der Waals surface area contributed by atoms with Crippen LogP contribution in [0.2, 0.25) is 0 Å². The van der Waals surface area contributed by atoms with Crippen molar-refractivity contribution >= 4 is 33.5 Å². The van der Waals surface area contributed by atoms with Crippen LogP contribution in [0.15, 0.2) is 186 Å². The molecule has 1 aromatic heterocycles. The number of fused-ring (bicyclic) bond motifs is 6. The summed E-state index contributed by atoms with van der Waals surface area (Å²) in [5, 5.41) is 2.44. The molecule has 0 radical (unpaired) electrons. The lowest BCUT2D eigenvalue weighted by Gasteiger charge is -2.22. The quantitative estimate of drug-likeness (QED) is 0.113. The third kappa shape index (κ3) is 6.77. The van der Waals surface area contributed by atoms with Crippen LogP contribution in [0, 0.1) is 19.8 Å². The van der Waals surface area contributed by atoms with Gasteiger partial charge in [-0.1, -0.05) is 166 Å². The van der Waals surface area contributed by atoms with Crippen molar-refractivity contribution < 1.29 is 0 Å². The van der Waals surface area contributed by atoms with E-state index in [1.807, 2.05) is 0 Å². The van der Waals surface area contributed by atoms with Gasteiger partial charge in [0, 0.05) is 27.8 Å². The average molecular weight is 804 g/mol. The van der Waals surface area contributed by atoms with Crippen molar-refractivity contribution in [2.45, 2.75) is 65.8 Å². The van der Waals surface area contributed by atoms with Crippen LogP contribution < -0.4 is 0 Å². The molecule has 1 heterocycles. The SMILES string of the molecule is CCC(N=C(N=C(C)C1C=CC=CC1)n1c2ccccc2c2cc3c(cc21)-c1ccc(-c2cccc(-c4cccc(-c5ccccc5C)c4C)c2)cc1C3(C)C)c1ccccc1. The lowest BCUT2D eigenvalue weighted by atomic mass is 9.81. The van der Waals surface area contributed by atoms with E-state index in [0.717, 1.165) is 35.5 Å². The molecule has 0 N–H and O–H groups in total. The zero-order chi connectivity index (χ0) is 42.5. The van der Waals surface area contributed by atoms with Crippen LogP contribution in [-0.4, -0.2) is 16.2 Å². The summed E-state index contributed by atoms with van der Waals surface area (Å²) in [6.45, 7) is 13.6. The lowest BCUT2D eigenvalue weighted by molar-refractivity contribution is 0.661. The molecule has 3 nitrogen and oxygen atoms in total. The molecule has 0 amide bonds. The van der Waals surface area contributed by atoms with Gasteiger partial charge in [-0.05, 0) is 136 Å². The standard InChI is InChI=1S/C59H53N3/c1-7-55(42-23-12-9-13-24-42)61-58(60-40(4)41-21-10-8-11-22-41)62-56-31-17-16-28-50(56)52-36-54-51(37-57(52)62)49-33-32-44(35-53(49)59(54,5)6)43-25-18-26-45(34-43)47-29-19-30-48(39(47)3)46-27-15-14-20-38(46)2/h8-21,23-37,41,55H,7,22H2,1-6H3. The molecular formula is C59H53N3. The van der Waals surface area contributed by atoms with Gasteiger partial charge in [0.05, 0.1) is 17.1 Å². The second kappa shape index (κ2) is 15.9. The van der Waals surface area contributed by atoms with Crippen molar-refractivity contribution in [1.29, 1.82) is 0 Å². The highest BCUT2D eigenvalue weighted by atomic mass is 15.2. The predicted molar refractivity (Wildman–Crippen MR) is 265 cm³/mol. The molecule has 0 aliphatic heterocycles. The first kappa shape index (κ1) is 39.3. The summed E-state index contributed by atoms with van der Waals surface area (Å²) >= 11 is 0. The molecule has 3 heteroatoms. The zero-order valence-electron chi connectivity index (χ0n) is 36.7. The summed E-state index contributed by atoms with van der Waals surface area (Å²) < 4.78 is 2.34. The summed E-state index contributed by atoms with van der Waals surface area (Å²) in [5.41, 5.74) is 19.7. The molecule has 8 aromatic rings. The maximum atomic E-state index is 5.56. The van der Waals surface area contributed by atoms with Crippen molar-refractivity contribution in [2.75, 3.05) is 0 Å². The van der Waals surface area contributed by atoms with Gasteiger partial charge in [-0.15, -0.1) is 0 Å². The first-order valence-electron chi connectivity index (χ1n) is 22.2. The summed E-state index contributed by atoms with van der Waals surface area (Å²) in [4.78, 5) is 11.0. The van der Waals surface area contributed by atoms with Crippen LogP contribution in [-0.2, 0) is 5.41 Å². The zero-order valence-corrected chi connectivity index (χ0v) is 36.7. The predicted octanol–water partition coefficient (Wildman–Crippen LogP) is 15.7. The number of aliphatic imine (C=N–C) groups is 2. The average Bonchev–Trinajstić information content (AvgIpc) is 3.75. The molecule has 0 saturated heterocycles. The first-order chi connectivity index (χ1) is 30.2. The topological polar surface area (TPSA) is 29.6 Å². The Balaban J connectivity index is 1.10. The molecule has 0 spiro atoms. The Morgan fingerprint density at radius 2 is 1.34 bits per heavy atom. The van der Waals surface area contributed by atoms with Gasteiger partial charge in [-0.3, -0.25) is 4.57 Å². The van der Waals surface area contributed by atoms with E-state index >= 15 is 0 Å². The van der Waals surface area contributed by atoms with E-state index in [2.05, 4.69) is 222 Å². The molecule has 0 bridgehead atoms. The van der Waals surface area contributed by atoms with Gasteiger partial charge in [-0.2, -0.15) is 0 Å². The largest absolute Gasteiger partial charge is 0.278 e. The van der Waals surface area contributed by atoms with E-state index in [-0.39, 0.29) is 17.4 Å². The molecule has 2 unspecified atom stereocenters. The minimum Gasteiger partial charge on any atom is -0.278 e. The number of benzene rings is 7. The van der Waals surface area contributed by atoms with E-state index in [1.54, 1.807) is 0 Å². The Morgan fingerprint density at radius 3 is 2.15 bits per heavy atom. The van der Waals surface area contributed by atoms with Gasteiger partial charge < -0.3 is 0 Å². The van der Waals surface area contributed by atoms with Crippen LogP contribution in [0.5, 0.6) is 0 Å². The third-order valence-electron chi connectivity index (χ3n) is 13.6. The van der Waals surface area contributed by atoms with Gasteiger partial charge in [0.15, 0.2) is 0 Å². The van der Waals surface area contributed by atoms with Crippen LogP contribution >= 0.6 is 0 Å². The lowest BCUT2D eigenvalue weighted by Crippen LogP contribution is -2.17. The minimum absolute atomic E-state index is 0.0346. The minimum atomic E-state index is -0.207. The Labute approximate surface area is 366 Å². The number of hydrogen-bond donors (Lipinski definition) is 0. The van der Waals surface area contributed by atoms with Crippen molar-refractivity contribution in [3.63, 3.8) is 0 Å². The normalized spacial score (nSPS) is 16.2. The van der Waals surface area contributed by atoms with Gasteiger partial charge in [0.25, 0.3) is 0 Å². The van der Waals surface area contributed by atoms with Gasteiger partial charge in [-0.25, -0.2) is 9.98 Å². The van der Waals surface area contributed by atoms with Crippen LogP contribution in [0.3, 0.4) is 0 Å². The summed E-state index contributed by atoms with van der Waals surface area (Å²) in [5.74, 6) is 0.967. The number of rotatable bonds is 7. The van der Waals surface area contributed by atoms with Gasteiger partial charge in [0.2, 0.25) is 5.96 Å². The van der Waals surface area contributed by atoms with Crippen molar-refractivity contribution in [1.82, 2.24) is 4.57 Å². The number of allylic oxidation sites excluding steroid dienone is 4. The van der Waals surface area contributed by atoms with Crippen LogP contribution in [0.25, 0.3) is 66.3 Å². The van der Waals surface area contributed by atoms with Crippen LogP contribution in [0.4, 0.5) is 0 Å². The Morgan fingerprint density at radius 1 is 0.629 bits per heavy atom. The summed E-state index contributed by atoms with van der Waals surface area (Å²) in [6.07, 6.45) is 10.6. The molecular weight excluding hydrogens is 751 g/mol. The highest BCUT2D eigenvalue weighted by Gasteiger charge is 2.37. The number of hydrogen-bond acceptors (Lipinski definition) is 1. The maximum Gasteiger partial charge on any atom is 0.230 e. The molecule has 0 saturated carbocycles. The fraction of sp³-hybridized carbons (Fsp3) is 0.186. The van der Waals surface area contributed by atoms with Gasteiger partial charge >= 0.3 is 0 Å². The molecule has 2 atom stereocenters. The number of aromatic nitrogens is 1. The third-order valence-corrected chi connectivity index (χ3v) is 13.6. The van der Waals surface area contributed by atoms with Crippen molar-refractivity contribution in [2.24, 2.45) is 15.9 Å². The molecule has 62 heavy (non-hydrogen) atoms. The molecule has 7 aromatic carbocycles. The van der Waals surface area contributed by atoms with E-state index in [4.69, 9.17) is 9.98 Å². The highest BCUT2D eigenvalue weighted by Crippen LogP contribution is 2.52. The van der Waals surface area contributed by atoms with E-state index in [0.29, 0.717) is 0 Å². The summed E-state index contributed by atoms with van der Waals surface area (Å²) in [7, 11) is 0. The molecule has 2 aliphatic carbocycles. The maximum absolute atomic E-state index is 5.56. The highest BCUT2D eigenvalue weighted by molar-refractivity contribution is 6.17. The second-order valence-electron chi connectivity index (χ2n) is 17.7. The van der Waals surface area contributed by atoms with Crippen molar-refractivity contribution in [3.05, 3.63) is 204 Å². The fourth-order valence-electron chi connectivity index (χ4n) is 10.1. The smallest absolute Gasteiger partial charge is 0.230 e. The monoisotopic (exact) mass is 803 g/mol. The van der Waals surface area contributed by atoms with Crippen molar-refractivity contribution in [3.8, 4) is 44.5 Å². The summed E-state index contributed by atoms with van der Waals surface area (Å²) in [6, 6.07) is 55.9. The first-order valence-corrected chi connectivity index (χ1v) is 22.2. The molecule has 10 rings (SSSR count). The fourth-order valence-corrected chi connectivity index (χ4v) is 10.1. The Hall–Kier alpha value is -6.84. The van der Waals surface area contributed by atoms with E-state index in [9.17, 15) is 0 Å². The van der Waals surface area contributed by atoms with E-state index in [1.165, 1.54) is 83.1 Å². The molecule has 0 fully saturated rings. The van der Waals surface area contributed by atoms with Gasteiger partial charge in [0.1, 0.15) is 0 Å². The van der Waals surface area contributed by atoms with Crippen LogP contribution in [0.1, 0.15) is 74.4 Å².